The van der Waals surface area contributed by atoms with Gasteiger partial charge < -0.3 is 5.32 Å². The molecule has 0 radical (unpaired) electrons. The van der Waals surface area contributed by atoms with E-state index in [9.17, 15) is 4.79 Å². The number of hydrogen-bond donors (Lipinski definition) is 1. The first-order valence-corrected chi connectivity index (χ1v) is 15.7. The average Bonchev–Trinajstić information content (AvgIpc) is 2.84. The summed E-state index contributed by atoms with van der Waals surface area (Å²) in [7, 11) is 0. The summed E-state index contributed by atoms with van der Waals surface area (Å²) in [4.78, 5) is 12.0. The second-order valence-corrected chi connectivity index (χ2v) is 10.6. The van der Waals surface area contributed by atoms with Crippen LogP contribution in [0.3, 0.4) is 0 Å². The van der Waals surface area contributed by atoms with Crippen LogP contribution in [-0.4, -0.2) is 12.5 Å². The normalized spacial score (nSPS) is 11.5. The van der Waals surface area contributed by atoms with E-state index in [1.165, 1.54) is 148 Å². The topological polar surface area (TPSA) is 29.1 Å². The fourth-order valence-electron chi connectivity index (χ4n) is 4.64. The minimum absolute atomic E-state index is 0.265. The van der Waals surface area contributed by atoms with Crippen LogP contribution in [0, 0.1) is 0 Å². The van der Waals surface area contributed by atoms with Crippen molar-refractivity contribution in [3.05, 3.63) is 12.2 Å². The first-order valence-electron chi connectivity index (χ1n) is 15.7. The Balaban J connectivity index is 3.19. The summed E-state index contributed by atoms with van der Waals surface area (Å²) < 4.78 is 0. The lowest BCUT2D eigenvalue weighted by Crippen LogP contribution is -2.23. The van der Waals surface area contributed by atoms with E-state index in [4.69, 9.17) is 0 Å². The van der Waals surface area contributed by atoms with Crippen LogP contribution >= 0.6 is 0 Å². The molecule has 2 heteroatoms. The van der Waals surface area contributed by atoms with Crippen LogP contribution in [0.15, 0.2) is 12.2 Å². The molecule has 0 aromatic rings. The lowest BCUT2D eigenvalue weighted by Gasteiger charge is -2.06. The molecule has 0 spiro atoms. The van der Waals surface area contributed by atoms with E-state index >= 15 is 0 Å². The van der Waals surface area contributed by atoms with Crippen molar-refractivity contribution in [2.75, 3.05) is 6.54 Å². The Hall–Kier alpha value is -0.790. The van der Waals surface area contributed by atoms with E-state index in [-0.39, 0.29) is 5.91 Å². The number of unbranched alkanes of at least 4 members (excludes halogenated alkanes) is 22. The van der Waals surface area contributed by atoms with Crippen molar-refractivity contribution in [2.24, 2.45) is 0 Å². The van der Waals surface area contributed by atoms with E-state index in [0.717, 1.165) is 25.8 Å². The number of nitrogens with one attached hydrogen (secondary N) is 1. The van der Waals surface area contributed by atoms with Crippen LogP contribution in [-0.2, 0) is 4.79 Å². The molecular weight excluding hydrogens is 414 g/mol. The third-order valence-corrected chi connectivity index (χ3v) is 7.02. The molecule has 0 atom stereocenters. The maximum Gasteiger partial charge on any atom is 0.219 e. The quantitative estimate of drug-likeness (QED) is 0.0880. The third kappa shape index (κ3) is 29.2. The number of amides is 1. The van der Waals surface area contributed by atoms with Crippen molar-refractivity contribution in [1.82, 2.24) is 5.32 Å². The second-order valence-electron chi connectivity index (χ2n) is 10.6. The van der Waals surface area contributed by atoms with Gasteiger partial charge in [-0.2, -0.15) is 0 Å². The molecule has 2 nitrogen and oxygen atoms in total. The predicted octanol–water partition coefficient (Wildman–Crippen LogP) is 10.8. The molecule has 0 aliphatic heterocycles. The van der Waals surface area contributed by atoms with Gasteiger partial charge in [-0.25, -0.2) is 0 Å². The smallest absolute Gasteiger partial charge is 0.219 e. The fraction of sp³-hybridized carbons (Fsp3) is 0.906. The summed E-state index contributed by atoms with van der Waals surface area (Å²) in [6.07, 6.45) is 38.9. The van der Waals surface area contributed by atoms with Crippen molar-refractivity contribution in [3.63, 3.8) is 0 Å². The van der Waals surface area contributed by atoms with Crippen molar-refractivity contribution in [3.8, 4) is 0 Å². The number of carbonyl (C=O) groups excluding carboxylic acids is 1. The second kappa shape index (κ2) is 30.2. The number of carbonyl (C=O) groups is 1. The van der Waals surface area contributed by atoms with Crippen molar-refractivity contribution in [1.29, 1.82) is 0 Å². The highest BCUT2D eigenvalue weighted by atomic mass is 16.1. The van der Waals surface area contributed by atoms with Gasteiger partial charge in [0.2, 0.25) is 5.91 Å². The van der Waals surface area contributed by atoms with Crippen LogP contribution in [0.5, 0.6) is 0 Å². The zero-order valence-corrected chi connectivity index (χ0v) is 23.7. The van der Waals surface area contributed by atoms with Crippen LogP contribution in [0.2, 0.25) is 0 Å². The SMILES string of the molecule is CCCCCCCC/C=C\CCCCCCCC(=O)NCCCCCCCCCCCCCC. The molecule has 0 fully saturated rings. The number of rotatable bonds is 28. The van der Waals surface area contributed by atoms with Crippen LogP contribution < -0.4 is 5.32 Å². The van der Waals surface area contributed by atoms with Crippen LogP contribution in [0.1, 0.15) is 181 Å². The Kier molecular flexibility index (Phi) is 29.5. The largest absolute Gasteiger partial charge is 0.356 e. The van der Waals surface area contributed by atoms with Gasteiger partial charge in [0.05, 0.1) is 0 Å². The molecule has 0 rings (SSSR count). The summed E-state index contributed by atoms with van der Waals surface area (Å²) in [6.45, 7) is 5.44. The molecule has 0 aromatic heterocycles. The maximum atomic E-state index is 12.0. The minimum atomic E-state index is 0.265. The van der Waals surface area contributed by atoms with Gasteiger partial charge in [0.15, 0.2) is 0 Å². The van der Waals surface area contributed by atoms with Crippen molar-refractivity contribution < 1.29 is 4.79 Å². The van der Waals surface area contributed by atoms with Gasteiger partial charge in [0.1, 0.15) is 0 Å². The number of allylic oxidation sites excluding steroid dienone is 2. The minimum Gasteiger partial charge on any atom is -0.356 e. The van der Waals surface area contributed by atoms with E-state index in [1.54, 1.807) is 0 Å². The number of hydrogen-bond acceptors (Lipinski definition) is 1. The molecule has 0 bridgehead atoms. The van der Waals surface area contributed by atoms with Crippen molar-refractivity contribution >= 4 is 5.91 Å². The molecule has 0 saturated heterocycles. The lowest BCUT2D eigenvalue weighted by atomic mass is 10.1. The summed E-state index contributed by atoms with van der Waals surface area (Å²) in [6, 6.07) is 0. The van der Waals surface area contributed by atoms with Gasteiger partial charge in [-0.15, -0.1) is 0 Å². The van der Waals surface area contributed by atoms with Crippen molar-refractivity contribution in [2.45, 2.75) is 181 Å². The summed E-state index contributed by atoms with van der Waals surface area (Å²) >= 11 is 0. The summed E-state index contributed by atoms with van der Waals surface area (Å²) in [5, 5.41) is 3.12. The molecule has 0 unspecified atom stereocenters. The maximum absolute atomic E-state index is 12.0. The summed E-state index contributed by atoms with van der Waals surface area (Å²) in [5.74, 6) is 0.265. The van der Waals surface area contributed by atoms with Crippen LogP contribution in [0.25, 0.3) is 0 Å². The van der Waals surface area contributed by atoms with Gasteiger partial charge in [-0.05, 0) is 38.5 Å². The van der Waals surface area contributed by atoms with E-state index < -0.39 is 0 Å². The van der Waals surface area contributed by atoms with Gasteiger partial charge in [-0.3, -0.25) is 4.79 Å². The van der Waals surface area contributed by atoms with E-state index in [1.807, 2.05) is 0 Å². The molecule has 0 aliphatic rings. The third-order valence-electron chi connectivity index (χ3n) is 7.02. The highest BCUT2D eigenvalue weighted by molar-refractivity contribution is 5.75. The van der Waals surface area contributed by atoms with Gasteiger partial charge in [0.25, 0.3) is 0 Å². The monoisotopic (exact) mass is 477 g/mol. The van der Waals surface area contributed by atoms with Gasteiger partial charge in [-0.1, -0.05) is 148 Å². The highest BCUT2D eigenvalue weighted by Gasteiger charge is 2.00. The zero-order valence-electron chi connectivity index (χ0n) is 23.7. The Bertz CT molecular complexity index is 417. The van der Waals surface area contributed by atoms with E-state index in [2.05, 4.69) is 31.3 Å². The summed E-state index contributed by atoms with van der Waals surface area (Å²) in [5.41, 5.74) is 0. The Morgan fingerprint density at radius 3 is 1.26 bits per heavy atom. The van der Waals surface area contributed by atoms with Gasteiger partial charge >= 0.3 is 0 Å². The average molecular weight is 478 g/mol. The van der Waals surface area contributed by atoms with Crippen LogP contribution in [0.4, 0.5) is 0 Å². The molecule has 0 aromatic carbocycles. The standard InChI is InChI=1S/C32H63NO/c1-3-5-7-9-11-13-15-17-18-19-20-22-24-26-28-30-32(34)33-31-29-27-25-23-21-16-14-12-10-8-6-4-2/h17-18H,3-16,19-31H2,1-2H3,(H,33,34)/b18-17-. The molecule has 34 heavy (non-hydrogen) atoms. The van der Waals surface area contributed by atoms with Gasteiger partial charge in [0, 0.05) is 13.0 Å². The molecule has 1 amide bonds. The molecule has 0 aliphatic carbocycles. The zero-order chi connectivity index (χ0) is 24.8. The fourth-order valence-corrected chi connectivity index (χ4v) is 4.64. The lowest BCUT2D eigenvalue weighted by molar-refractivity contribution is -0.121. The van der Waals surface area contributed by atoms with E-state index in [0.29, 0.717) is 0 Å². The Morgan fingerprint density at radius 1 is 0.471 bits per heavy atom. The Labute approximate surface area is 215 Å². The molecule has 202 valence electrons. The first kappa shape index (κ1) is 33.2. The highest BCUT2D eigenvalue weighted by Crippen LogP contribution is 2.12. The predicted molar refractivity (Wildman–Crippen MR) is 154 cm³/mol. The molecular formula is C32H63NO. The molecule has 0 saturated carbocycles. The Morgan fingerprint density at radius 2 is 0.824 bits per heavy atom. The molecule has 0 heterocycles. The first-order chi connectivity index (χ1) is 16.8. The molecule has 1 N–H and O–H groups in total.